The summed E-state index contributed by atoms with van der Waals surface area (Å²) in [4.78, 5) is 1.54. The molecule has 1 nitrogen and oxygen atoms in total. The van der Waals surface area contributed by atoms with E-state index < -0.39 is 0 Å². The van der Waals surface area contributed by atoms with E-state index in [0.717, 1.165) is 25.2 Å². The van der Waals surface area contributed by atoms with E-state index in [1.165, 1.54) is 21.6 Å². The van der Waals surface area contributed by atoms with Crippen molar-refractivity contribution in [2.45, 2.75) is 22.6 Å². The normalized spacial score (nSPS) is 15.3. The first-order valence-corrected chi connectivity index (χ1v) is 8.95. The molecule has 1 atom stereocenters. The number of hydrogen-bond acceptors (Lipinski definition) is 2. The molecule has 0 bridgehead atoms. The van der Waals surface area contributed by atoms with Gasteiger partial charge in [0.25, 0.3) is 0 Å². The Labute approximate surface area is 132 Å². The second-order valence-electron chi connectivity index (χ2n) is 4.95. The molecule has 0 fully saturated rings. The highest BCUT2D eigenvalue weighted by Gasteiger charge is 2.15. The lowest BCUT2D eigenvalue weighted by molar-refractivity contribution is 0.288. The Balaban J connectivity index is 1.87. The molecular formula is C17H17BrOS. The molecule has 1 aliphatic rings. The van der Waals surface area contributed by atoms with E-state index in [0.29, 0.717) is 0 Å². The summed E-state index contributed by atoms with van der Waals surface area (Å²) < 4.78 is 5.68. The van der Waals surface area contributed by atoms with Crippen LogP contribution in [0.25, 0.3) is 0 Å². The first-order valence-electron chi connectivity index (χ1n) is 6.81. The van der Waals surface area contributed by atoms with Crippen LogP contribution in [-0.4, -0.2) is 12.9 Å². The summed E-state index contributed by atoms with van der Waals surface area (Å²) in [5.74, 6) is 1.05. The van der Waals surface area contributed by atoms with E-state index in [1.54, 1.807) is 11.8 Å². The van der Waals surface area contributed by atoms with Gasteiger partial charge in [0, 0.05) is 4.90 Å². The number of fused-ring (bicyclic) bond motifs is 1. The molecule has 0 N–H and O–H groups in total. The molecule has 0 saturated heterocycles. The van der Waals surface area contributed by atoms with E-state index in [2.05, 4.69) is 64.7 Å². The molecule has 1 heterocycles. The van der Waals surface area contributed by atoms with Gasteiger partial charge < -0.3 is 4.74 Å². The topological polar surface area (TPSA) is 9.23 Å². The number of benzene rings is 2. The first-order chi connectivity index (χ1) is 9.78. The van der Waals surface area contributed by atoms with Crippen LogP contribution < -0.4 is 4.74 Å². The molecule has 0 amide bonds. The van der Waals surface area contributed by atoms with Crippen LogP contribution in [0.5, 0.6) is 5.75 Å². The molecule has 2 aromatic carbocycles. The average Bonchev–Trinajstić information content (AvgIpc) is 2.54. The SMILES string of the molecule is CSc1ccc(C(Br)c2ccc3c(c2)CCCO3)cc1. The van der Waals surface area contributed by atoms with Crippen LogP contribution in [0.4, 0.5) is 0 Å². The highest BCUT2D eigenvalue weighted by Crippen LogP contribution is 2.35. The lowest BCUT2D eigenvalue weighted by atomic mass is 9.99. The fourth-order valence-corrected chi connectivity index (χ4v) is 3.50. The summed E-state index contributed by atoms with van der Waals surface area (Å²) in [6, 6.07) is 15.3. The van der Waals surface area contributed by atoms with Crippen LogP contribution in [0.2, 0.25) is 0 Å². The Hall–Kier alpha value is -0.930. The summed E-state index contributed by atoms with van der Waals surface area (Å²) in [6.07, 6.45) is 4.34. The van der Waals surface area contributed by atoms with Gasteiger partial charge in [-0.1, -0.05) is 40.2 Å². The van der Waals surface area contributed by atoms with E-state index >= 15 is 0 Å². The Bertz CT molecular complexity index is 594. The van der Waals surface area contributed by atoms with Gasteiger partial charge in [-0.05, 0) is 54.0 Å². The minimum atomic E-state index is 0.241. The third kappa shape index (κ3) is 2.89. The fraction of sp³-hybridized carbons (Fsp3) is 0.294. The minimum Gasteiger partial charge on any atom is -0.493 e. The lowest BCUT2D eigenvalue weighted by Crippen LogP contribution is -2.08. The molecule has 0 aromatic heterocycles. The number of ether oxygens (including phenoxy) is 1. The summed E-state index contributed by atoms with van der Waals surface area (Å²) in [7, 11) is 0. The zero-order valence-corrected chi connectivity index (χ0v) is 13.8. The molecule has 104 valence electrons. The maximum Gasteiger partial charge on any atom is 0.122 e. The van der Waals surface area contributed by atoms with Gasteiger partial charge in [-0.2, -0.15) is 0 Å². The Morgan fingerprint density at radius 2 is 1.85 bits per heavy atom. The molecule has 0 spiro atoms. The van der Waals surface area contributed by atoms with Crippen LogP contribution in [0.3, 0.4) is 0 Å². The van der Waals surface area contributed by atoms with Crippen LogP contribution in [0.1, 0.15) is 27.9 Å². The number of thioether (sulfide) groups is 1. The van der Waals surface area contributed by atoms with Gasteiger partial charge in [0.2, 0.25) is 0 Å². The third-order valence-electron chi connectivity index (χ3n) is 3.63. The minimum absolute atomic E-state index is 0.241. The molecule has 20 heavy (non-hydrogen) atoms. The van der Waals surface area contributed by atoms with Gasteiger partial charge in [-0.3, -0.25) is 0 Å². The third-order valence-corrected chi connectivity index (χ3v) is 5.43. The molecule has 3 heteroatoms. The number of aryl methyl sites for hydroxylation is 1. The highest BCUT2D eigenvalue weighted by atomic mass is 79.9. The molecule has 0 saturated carbocycles. The standard InChI is InChI=1S/C17H17BrOS/c1-20-15-7-4-12(5-8-15)17(18)14-6-9-16-13(11-14)3-2-10-19-16/h4-9,11,17H,2-3,10H2,1H3. The largest absolute Gasteiger partial charge is 0.493 e. The summed E-state index contributed by atoms with van der Waals surface area (Å²) in [5, 5.41) is 0. The summed E-state index contributed by atoms with van der Waals surface area (Å²) >= 11 is 5.59. The van der Waals surface area contributed by atoms with Crippen molar-refractivity contribution >= 4 is 27.7 Å². The van der Waals surface area contributed by atoms with Crippen LogP contribution >= 0.6 is 27.7 Å². The van der Waals surface area contributed by atoms with Gasteiger partial charge >= 0.3 is 0 Å². The van der Waals surface area contributed by atoms with Crippen molar-refractivity contribution in [3.05, 3.63) is 59.2 Å². The Morgan fingerprint density at radius 3 is 2.60 bits per heavy atom. The van der Waals surface area contributed by atoms with Crippen LogP contribution in [0.15, 0.2) is 47.4 Å². The number of halogens is 1. The van der Waals surface area contributed by atoms with Crippen molar-refractivity contribution in [3.8, 4) is 5.75 Å². The molecular weight excluding hydrogens is 332 g/mol. The summed E-state index contributed by atoms with van der Waals surface area (Å²) in [6.45, 7) is 0.847. The maximum absolute atomic E-state index is 5.68. The lowest BCUT2D eigenvalue weighted by Gasteiger charge is -2.19. The zero-order valence-electron chi connectivity index (χ0n) is 11.4. The van der Waals surface area contributed by atoms with E-state index in [-0.39, 0.29) is 4.83 Å². The van der Waals surface area contributed by atoms with Crippen molar-refractivity contribution in [1.29, 1.82) is 0 Å². The van der Waals surface area contributed by atoms with E-state index in [1.807, 2.05) is 0 Å². The monoisotopic (exact) mass is 348 g/mol. The predicted octanol–water partition coefficient (Wildman–Crippen LogP) is 5.22. The van der Waals surface area contributed by atoms with E-state index in [9.17, 15) is 0 Å². The van der Waals surface area contributed by atoms with E-state index in [4.69, 9.17) is 4.74 Å². The van der Waals surface area contributed by atoms with Crippen molar-refractivity contribution in [3.63, 3.8) is 0 Å². The molecule has 3 rings (SSSR count). The van der Waals surface area contributed by atoms with Gasteiger partial charge in [0.1, 0.15) is 5.75 Å². The number of hydrogen-bond donors (Lipinski definition) is 0. The van der Waals surface area contributed by atoms with Gasteiger partial charge in [0.05, 0.1) is 11.4 Å². The van der Waals surface area contributed by atoms with Crippen LogP contribution in [0, 0.1) is 0 Å². The van der Waals surface area contributed by atoms with Crippen molar-refractivity contribution in [1.82, 2.24) is 0 Å². The van der Waals surface area contributed by atoms with Gasteiger partial charge in [0.15, 0.2) is 0 Å². The molecule has 1 unspecified atom stereocenters. The van der Waals surface area contributed by atoms with Crippen molar-refractivity contribution < 1.29 is 4.74 Å². The fourth-order valence-electron chi connectivity index (χ4n) is 2.50. The molecule has 2 aromatic rings. The van der Waals surface area contributed by atoms with Crippen molar-refractivity contribution in [2.24, 2.45) is 0 Å². The zero-order chi connectivity index (χ0) is 13.9. The molecule has 0 radical (unpaired) electrons. The smallest absolute Gasteiger partial charge is 0.122 e. The first kappa shape index (κ1) is 14.0. The quantitative estimate of drug-likeness (QED) is 0.555. The maximum atomic E-state index is 5.68. The molecule has 1 aliphatic heterocycles. The number of rotatable bonds is 3. The second-order valence-corrected chi connectivity index (χ2v) is 6.75. The second kappa shape index (κ2) is 6.23. The number of alkyl halides is 1. The Morgan fingerprint density at radius 1 is 1.10 bits per heavy atom. The summed E-state index contributed by atoms with van der Waals surface area (Å²) in [5.41, 5.74) is 3.92. The van der Waals surface area contributed by atoms with Crippen molar-refractivity contribution in [2.75, 3.05) is 12.9 Å². The van der Waals surface area contributed by atoms with Crippen LogP contribution in [-0.2, 0) is 6.42 Å². The average molecular weight is 349 g/mol. The predicted molar refractivity (Wildman–Crippen MR) is 89.3 cm³/mol. The Kier molecular flexibility index (Phi) is 4.37. The molecule has 0 aliphatic carbocycles. The highest BCUT2D eigenvalue weighted by molar-refractivity contribution is 9.09. The van der Waals surface area contributed by atoms with Gasteiger partial charge in [-0.25, -0.2) is 0 Å². The van der Waals surface area contributed by atoms with Gasteiger partial charge in [-0.15, -0.1) is 11.8 Å².